The smallest absolute Gasteiger partial charge is 0.252 e. The third-order valence-corrected chi connectivity index (χ3v) is 7.07. The Balaban J connectivity index is 0.00000182. The van der Waals surface area contributed by atoms with Gasteiger partial charge in [0.05, 0.1) is 5.56 Å². The van der Waals surface area contributed by atoms with Crippen LogP contribution in [0.4, 0.5) is 0 Å². The van der Waals surface area contributed by atoms with Crippen molar-refractivity contribution in [2.45, 2.75) is 54.5 Å². The Kier molecular flexibility index (Phi) is 6.44. The first-order valence-corrected chi connectivity index (χ1v) is 10.5. The van der Waals surface area contributed by atoms with Crippen molar-refractivity contribution in [2.75, 3.05) is 0 Å². The monoisotopic (exact) mass is 394 g/mol. The van der Waals surface area contributed by atoms with E-state index >= 15 is 0 Å². The quantitative estimate of drug-likeness (QED) is 0.735. The largest absolute Gasteiger partial charge is 0.349 e. The molecule has 25 heavy (non-hydrogen) atoms. The second-order valence-corrected chi connectivity index (χ2v) is 8.69. The second-order valence-electron chi connectivity index (χ2n) is 6.64. The van der Waals surface area contributed by atoms with Gasteiger partial charge in [-0.2, -0.15) is 0 Å². The number of thiophene rings is 1. The minimum atomic E-state index is 0. The lowest BCUT2D eigenvalue weighted by atomic mass is 9.99. The number of piperidine rings is 1. The molecular weight excluding hydrogens is 372 g/mol. The number of hydrogen-bond acceptors (Lipinski definition) is 4. The number of carbonyl (C=O) groups excluding carboxylic acids is 1. The molecule has 2 aliphatic rings. The van der Waals surface area contributed by atoms with Crippen LogP contribution in [0.3, 0.4) is 0 Å². The Labute approximate surface area is 163 Å². The molecule has 1 aromatic heterocycles. The molecule has 2 unspecified atom stereocenters. The molecule has 134 valence electrons. The molecule has 3 heterocycles. The van der Waals surface area contributed by atoms with Crippen LogP contribution in [-0.2, 0) is 5.75 Å². The molecule has 2 aromatic rings. The molecule has 1 aromatic carbocycles. The standard InChI is InChI=1S/C19H22N2OS2.ClH/c22-19(21-15-10-13-7-8-14(11-15)20-13)17-5-1-2-6-18(17)24-12-16-4-3-9-23-16;/h1-6,9,13-15,20H,7-8,10-12H2,(H,21,22);1H. The number of rotatable bonds is 5. The molecule has 2 atom stereocenters. The van der Waals surface area contributed by atoms with Crippen molar-refractivity contribution in [1.82, 2.24) is 10.6 Å². The summed E-state index contributed by atoms with van der Waals surface area (Å²) >= 11 is 3.51. The molecule has 4 rings (SSSR count). The van der Waals surface area contributed by atoms with Crippen LogP contribution in [0.25, 0.3) is 0 Å². The van der Waals surface area contributed by atoms with Crippen molar-refractivity contribution in [3.05, 3.63) is 52.2 Å². The van der Waals surface area contributed by atoms with Gasteiger partial charge >= 0.3 is 0 Å². The van der Waals surface area contributed by atoms with E-state index in [9.17, 15) is 4.79 Å². The topological polar surface area (TPSA) is 41.1 Å². The number of amides is 1. The number of benzene rings is 1. The maximum absolute atomic E-state index is 12.8. The van der Waals surface area contributed by atoms with Crippen molar-refractivity contribution < 1.29 is 4.79 Å². The lowest BCUT2D eigenvalue weighted by molar-refractivity contribution is 0.0921. The van der Waals surface area contributed by atoms with Crippen LogP contribution in [0.2, 0.25) is 0 Å². The number of fused-ring (bicyclic) bond motifs is 2. The van der Waals surface area contributed by atoms with Crippen molar-refractivity contribution in [3.63, 3.8) is 0 Å². The predicted octanol–water partition coefficient (Wildman–Crippen LogP) is 4.48. The summed E-state index contributed by atoms with van der Waals surface area (Å²) in [6.45, 7) is 0. The number of nitrogens with one attached hydrogen (secondary N) is 2. The molecule has 0 spiro atoms. The molecule has 2 bridgehead atoms. The predicted molar refractivity (Wildman–Crippen MR) is 108 cm³/mol. The summed E-state index contributed by atoms with van der Waals surface area (Å²) in [4.78, 5) is 15.2. The van der Waals surface area contributed by atoms with Crippen molar-refractivity contribution in [1.29, 1.82) is 0 Å². The van der Waals surface area contributed by atoms with Gasteiger partial charge in [-0.05, 0) is 49.3 Å². The number of halogens is 1. The van der Waals surface area contributed by atoms with Crippen LogP contribution >= 0.6 is 35.5 Å². The zero-order valence-electron chi connectivity index (χ0n) is 13.9. The van der Waals surface area contributed by atoms with Gasteiger partial charge in [0.15, 0.2) is 0 Å². The first-order chi connectivity index (χ1) is 11.8. The molecule has 2 aliphatic heterocycles. The minimum Gasteiger partial charge on any atom is -0.349 e. The molecule has 2 saturated heterocycles. The van der Waals surface area contributed by atoms with Crippen LogP contribution in [-0.4, -0.2) is 24.0 Å². The first kappa shape index (κ1) is 18.8. The van der Waals surface area contributed by atoms with Crippen LogP contribution in [0.1, 0.15) is 40.9 Å². The van der Waals surface area contributed by atoms with Gasteiger partial charge in [0, 0.05) is 33.7 Å². The Bertz CT molecular complexity index is 695. The van der Waals surface area contributed by atoms with Gasteiger partial charge < -0.3 is 10.6 Å². The summed E-state index contributed by atoms with van der Waals surface area (Å²) in [6, 6.07) is 13.7. The van der Waals surface area contributed by atoms with Gasteiger partial charge in [0.2, 0.25) is 0 Å². The van der Waals surface area contributed by atoms with Crippen LogP contribution < -0.4 is 10.6 Å². The lowest BCUT2D eigenvalue weighted by Gasteiger charge is -2.29. The van der Waals surface area contributed by atoms with Gasteiger partial charge in [0.25, 0.3) is 5.91 Å². The fraction of sp³-hybridized carbons (Fsp3) is 0.421. The van der Waals surface area contributed by atoms with Gasteiger partial charge in [-0.25, -0.2) is 0 Å². The van der Waals surface area contributed by atoms with E-state index in [2.05, 4.69) is 34.2 Å². The molecule has 1 amide bonds. The molecular formula is C19H23ClN2OS2. The molecule has 0 aliphatic carbocycles. The van der Waals surface area contributed by atoms with Gasteiger partial charge in [0.1, 0.15) is 0 Å². The maximum Gasteiger partial charge on any atom is 0.252 e. The summed E-state index contributed by atoms with van der Waals surface area (Å²) in [5.41, 5.74) is 0.810. The second kappa shape index (κ2) is 8.58. The lowest BCUT2D eigenvalue weighted by Crippen LogP contribution is -2.48. The summed E-state index contributed by atoms with van der Waals surface area (Å²) in [5.74, 6) is 0.995. The number of hydrogen-bond donors (Lipinski definition) is 2. The highest BCUT2D eigenvalue weighted by Crippen LogP contribution is 2.29. The summed E-state index contributed by atoms with van der Waals surface area (Å²) in [5, 5.41) is 9.00. The van der Waals surface area contributed by atoms with E-state index in [0.29, 0.717) is 18.1 Å². The SMILES string of the molecule is Cl.O=C(NC1CC2CCC(C1)N2)c1ccccc1SCc1cccs1. The maximum atomic E-state index is 12.8. The van der Waals surface area contributed by atoms with E-state index in [1.807, 2.05) is 18.2 Å². The summed E-state index contributed by atoms with van der Waals surface area (Å²) in [7, 11) is 0. The molecule has 6 heteroatoms. The van der Waals surface area contributed by atoms with Gasteiger partial charge in [-0.3, -0.25) is 4.79 Å². The van der Waals surface area contributed by atoms with E-state index in [4.69, 9.17) is 0 Å². The van der Waals surface area contributed by atoms with Gasteiger partial charge in [-0.1, -0.05) is 18.2 Å². The molecule has 2 N–H and O–H groups in total. The van der Waals surface area contributed by atoms with E-state index in [1.54, 1.807) is 23.1 Å². The average molecular weight is 395 g/mol. The Morgan fingerprint density at radius 3 is 2.64 bits per heavy atom. The third kappa shape index (κ3) is 4.59. The summed E-state index contributed by atoms with van der Waals surface area (Å²) in [6.07, 6.45) is 4.63. The first-order valence-electron chi connectivity index (χ1n) is 8.59. The van der Waals surface area contributed by atoms with Crippen LogP contribution in [0, 0.1) is 0 Å². The van der Waals surface area contributed by atoms with Crippen molar-refractivity contribution in [2.24, 2.45) is 0 Å². The highest BCUT2D eigenvalue weighted by molar-refractivity contribution is 7.98. The number of thioether (sulfide) groups is 1. The van der Waals surface area contributed by atoms with Gasteiger partial charge in [-0.15, -0.1) is 35.5 Å². The van der Waals surface area contributed by atoms with Crippen LogP contribution in [0.5, 0.6) is 0 Å². The highest BCUT2D eigenvalue weighted by Gasteiger charge is 2.34. The third-order valence-electron chi connectivity index (χ3n) is 4.89. The van der Waals surface area contributed by atoms with E-state index < -0.39 is 0 Å². The molecule has 0 saturated carbocycles. The minimum absolute atomic E-state index is 0. The van der Waals surface area contributed by atoms with Crippen LogP contribution in [0.15, 0.2) is 46.7 Å². The summed E-state index contributed by atoms with van der Waals surface area (Å²) < 4.78 is 0. The zero-order valence-corrected chi connectivity index (χ0v) is 16.4. The molecule has 2 fully saturated rings. The van der Waals surface area contributed by atoms with E-state index in [0.717, 1.165) is 29.1 Å². The molecule has 0 radical (unpaired) electrons. The van der Waals surface area contributed by atoms with E-state index in [-0.39, 0.29) is 18.3 Å². The Morgan fingerprint density at radius 2 is 1.92 bits per heavy atom. The Morgan fingerprint density at radius 1 is 1.16 bits per heavy atom. The fourth-order valence-corrected chi connectivity index (χ4v) is 5.58. The van der Waals surface area contributed by atoms with Crippen molar-refractivity contribution >= 4 is 41.4 Å². The zero-order chi connectivity index (χ0) is 16.4. The molecule has 3 nitrogen and oxygen atoms in total. The normalized spacial score (nSPS) is 24.6. The number of carbonyl (C=O) groups is 1. The van der Waals surface area contributed by atoms with E-state index in [1.165, 1.54) is 17.7 Å². The van der Waals surface area contributed by atoms with Crippen molar-refractivity contribution in [3.8, 4) is 0 Å². The highest BCUT2D eigenvalue weighted by atomic mass is 35.5. The Hall–Kier alpha value is -1.01. The fourth-order valence-electron chi connectivity index (χ4n) is 3.76. The average Bonchev–Trinajstić information content (AvgIpc) is 3.23.